The number of benzene rings is 3. The first-order chi connectivity index (χ1) is 19.6. The van der Waals surface area contributed by atoms with E-state index in [4.69, 9.17) is 0 Å². The monoisotopic (exact) mass is 574 g/mol. The molecule has 1 aromatic heterocycles. The lowest BCUT2D eigenvalue weighted by atomic mass is 9.99. The summed E-state index contributed by atoms with van der Waals surface area (Å²) in [7, 11) is -3.72. The molecule has 216 valence electrons. The molecule has 5 rings (SSSR count). The minimum Gasteiger partial charge on any atom is -0.387 e. The highest BCUT2D eigenvalue weighted by molar-refractivity contribution is 7.92. The van der Waals surface area contributed by atoms with E-state index in [0.717, 1.165) is 55.4 Å². The molecule has 1 fully saturated rings. The van der Waals surface area contributed by atoms with Gasteiger partial charge in [0.15, 0.2) is 0 Å². The van der Waals surface area contributed by atoms with Crippen LogP contribution in [0, 0.1) is 0 Å². The van der Waals surface area contributed by atoms with Crippen LogP contribution in [0.2, 0.25) is 0 Å². The SMILES string of the molecule is CC(C)(CCn1ccc2cc(C(=O)N3CCCC3)ccc21)NC[C@H](O)c1cccc(NS(=O)(=O)c2ccccc2)c1. The number of aliphatic hydroxyl groups is 1. The number of likely N-dealkylation sites (tertiary alicyclic amines) is 1. The number of amides is 1. The second-order valence-electron chi connectivity index (χ2n) is 11.4. The van der Waals surface area contributed by atoms with Gasteiger partial charge in [0.2, 0.25) is 0 Å². The van der Waals surface area contributed by atoms with E-state index < -0.39 is 16.1 Å². The summed E-state index contributed by atoms with van der Waals surface area (Å²) in [5, 5.41) is 15.4. The van der Waals surface area contributed by atoms with Crippen molar-refractivity contribution >= 4 is 32.5 Å². The first-order valence-corrected chi connectivity index (χ1v) is 15.6. The van der Waals surface area contributed by atoms with E-state index in [2.05, 4.69) is 40.7 Å². The van der Waals surface area contributed by atoms with Crippen LogP contribution >= 0.6 is 0 Å². The minimum absolute atomic E-state index is 0.111. The molecule has 0 bridgehead atoms. The van der Waals surface area contributed by atoms with Crippen LogP contribution in [0.1, 0.15) is 55.1 Å². The molecule has 1 aliphatic rings. The van der Waals surface area contributed by atoms with Gasteiger partial charge in [-0.25, -0.2) is 8.42 Å². The third kappa shape index (κ3) is 6.98. The fourth-order valence-electron chi connectivity index (χ4n) is 5.23. The Hall–Kier alpha value is -3.66. The van der Waals surface area contributed by atoms with Crippen molar-refractivity contribution in [1.29, 1.82) is 0 Å². The van der Waals surface area contributed by atoms with Crippen LogP contribution in [-0.2, 0) is 16.6 Å². The lowest BCUT2D eigenvalue weighted by Crippen LogP contribution is -2.42. The molecule has 1 aliphatic heterocycles. The second kappa shape index (κ2) is 12.1. The predicted octanol–water partition coefficient (Wildman–Crippen LogP) is 5.17. The van der Waals surface area contributed by atoms with Crippen LogP contribution in [0.15, 0.2) is 90.0 Å². The zero-order chi connectivity index (χ0) is 29.0. The van der Waals surface area contributed by atoms with E-state index in [0.29, 0.717) is 17.8 Å². The molecule has 1 saturated heterocycles. The molecule has 3 aromatic carbocycles. The van der Waals surface area contributed by atoms with Gasteiger partial charge in [-0.15, -0.1) is 0 Å². The van der Waals surface area contributed by atoms with E-state index in [1.807, 2.05) is 23.1 Å². The molecule has 0 unspecified atom stereocenters. The Bertz CT molecular complexity index is 1610. The van der Waals surface area contributed by atoms with Gasteiger partial charge >= 0.3 is 0 Å². The summed E-state index contributed by atoms with van der Waals surface area (Å²) in [5.41, 5.74) is 2.58. The quantitative estimate of drug-likeness (QED) is 0.229. The lowest BCUT2D eigenvalue weighted by Gasteiger charge is -2.28. The van der Waals surface area contributed by atoms with Crippen LogP contribution in [0.5, 0.6) is 0 Å². The Kier molecular flexibility index (Phi) is 8.49. The van der Waals surface area contributed by atoms with Crippen LogP contribution in [0.4, 0.5) is 5.69 Å². The number of rotatable bonds is 11. The number of hydrogen-bond acceptors (Lipinski definition) is 5. The summed E-state index contributed by atoms with van der Waals surface area (Å²) in [4.78, 5) is 14.9. The van der Waals surface area contributed by atoms with Gasteiger partial charge < -0.3 is 19.9 Å². The summed E-state index contributed by atoms with van der Waals surface area (Å²) < 4.78 is 30.2. The number of anilines is 1. The number of aryl methyl sites for hydroxylation is 1. The van der Waals surface area contributed by atoms with Crippen LogP contribution in [0.3, 0.4) is 0 Å². The zero-order valence-electron chi connectivity index (χ0n) is 23.6. The van der Waals surface area contributed by atoms with Crippen molar-refractivity contribution in [3.63, 3.8) is 0 Å². The fourth-order valence-corrected chi connectivity index (χ4v) is 6.30. The third-order valence-corrected chi connectivity index (χ3v) is 9.14. The van der Waals surface area contributed by atoms with Crippen molar-refractivity contribution in [1.82, 2.24) is 14.8 Å². The number of aliphatic hydroxyl groups excluding tert-OH is 1. The molecule has 3 N–H and O–H groups in total. The van der Waals surface area contributed by atoms with Crippen LogP contribution < -0.4 is 10.0 Å². The van der Waals surface area contributed by atoms with E-state index in [1.54, 1.807) is 42.5 Å². The number of nitrogens with one attached hydrogen (secondary N) is 2. The molecule has 0 radical (unpaired) electrons. The Balaban J connectivity index is 1.17. The van der Waals surface area contributed by atoms with Crippen molar-refractivity contribution in [2.24, 2.45) is 0 Å². The maximum absolute atomic E-state index is 12.8. The molecule has 1 atom stereocenters. The molecule has 41 heavy (non-hydrogen) atoms. The van der Waals surface area contributed by atoms with Gasteiger partial charge in [-0.3, -0.25) is 9.52 Å². The Morgan fingerprint density at radius 2 is 1.73 bits per heavy atom. The normalized spacial score (nSPS) is 14.9. The number of β-amino-alcohol motifs (C(OH)–C–C–N with tert-alkyl or cyclic N) is 1. The summed E-state index contributed by atoms with van der Waals surface area (Å²) in [5.74, 6) is 0.111. The molecule has 9 heteroatoms. The Morgan fingerprint density at radius 1 is 0.976 bits per heavy atom. The number of nitrogens with zero attached hydrogens (tertiary/aromatic N) is 2. The maximum atomic E-state index is 12.8. The van der Waals surface area contributed by atoms with E-state index in [-0.39, 0.29) is 16.3 Å². The molecule has 8 nitrogen and oxygen atoms in total. The highest BCUT2D eigenvalue weighted by Gasteiger charge is 2.22. The van der Waals surface area contributed by atoms with Crippen LogP contribution in [-0.4, -0.2) is 54.1 Å². The summed E-state index contributed by atoms with van der Waals surface area (Å²) >= 11 is 0. The van der Waals surface area contributed by atoms with Gasteiger partial charge in [0.05, 0.1) is 11.0 Å². The Labute approximate surface area is 242 Å². The van der Waals surface area contributed by atoms with Gasteiger partial charge in [0, 0.05) is 60.1 Å². The third-order valence-electron chi connectivity index (χ3n) is 7.74. The molecule has 1 amide bonds. The van der Waals surface area contributed by atoms with Crippen molar-refractivity contribution < 1.29 is 18.3 Å². The number of carbonyl (C=O) groups excluding carboxylic acids is 1. The van der Waals surface area contributed by atoms with E-state index in [9.17, 15) is 18.3 Å². The molecule has 0 spiro atoms. The largest absolute Gasteiger partial charge is 0.387 e. The predicted molar refractivity (Wildman–Crippen MR) is 162 cm³/mol. The van der Waals surface area contributed by atoms with Gasteiger partial charge in [-0.2, -0.15) is 0 Å². The first kappa shape index (κ1) is 28.9. The van der Waals surface area contributed by atoms with Gasteiger partial charge in [0.25, 0.3) is 15.9 Å². The lowest BCUT2D eigenvalue weighted by molar-refractivity contribution is 0.0793. The maximum Gasteiger partial charge on any atom is 0.261 e. The van der Waals surface area contributed by atoms with Crippen molar-refractivity contribution in [2.75, 3.05) is 24.4 Å². The molecular formula is C32H38N4O4S. The van der Waals surface area contributed by atoms with Crippen LogP contribution in [0.25, 0.3) is 10.9 Å². The van der Waals surface area contributed by atoms with E-state index >= 15 is 0 Å². The number of sulfonamides is 1. The number of fused-ring (bicyclic) bond motifs is 1. The number of carbonyl (C=O) groups is 1. The summed E-state index contributed by atoms with van der Waals surface area (Å²) in [6, 6.07) is 23.0. The minimum atomic E-state index is -3.72. The highest BCUT2D eigenvalue weighted by Crippen LogP contribution is 2.24. The molecule has 0 saturated carbocycles. The fraction of sp³-hybridized carbons (Fsp3) is 0.344. The summed E-state index contributed by atoms with van der Waals surface area (Å²) in [6.45, 7) is 6.97. The van der Waals surface area contributed by atoms with Crippen molar-refractivity contribution in [3.8, 4) is 0 Å². The van der Waals surface area contributed by atoms with Gasteiger partial charge in [-0.1, -0.05) is 30.3 Å². The van der Waals surface area contributed by atoms with E-state index in [1.165, 1.54) is 12.1 Å². The molecule has 0 aliphatic carbocycles. The standard InChI is InChI=1S/C32H38N4O4S/c1-32(2,16-20-35-19-15-24-21-26(13-14-29(24)35)31(38)36-17-6-7-18-36)33-23-30(37)25-9-8-10-27(22-25)34-41(39,40)28-11-4-3-5-12-28/h3-5,8-15,19,21-22,30,33-34,37H,6-7,16-18,20,23H2,1-2H3/t30-/m0/s1. The Morgan fingerprint density at radius 3 is 2.49 bits per heavy atom. The van der Waals surface area contributed by atoms with Gasteiger partial charge in [-0.05, 0) is 87.2 Å². The first-order valence-electron chi connectivity index (χ1n) is 14.1. The number of hydrogen-bond donors (Lipinski definition) is 3. The molecular weight excluding hydrogens is 536 g/mol. The topological polar surface area (TPSA) is 104 Å². The molecule has 2 heterocycles. The molecule has 4 aromatic rings. The van der Waals surface area contributed by atoms with Gasteiger partial charge in [0.1, 0.15) is 0 Å². The smallest absolute Gasteiger partial charge is 0.261 e. The highest BCUT2D eigenvalue weighted by atomic mass is 32.2. The summed E-state index contributed by atoms with van der Waals surface area (Å²) in [6.07, 6.45) is 4.22. The average molecular weight is 575 g/mol. The van der Waals surface area contributed by atoms with Crippen molar-refractivity contribution in [2.45, 2.75) is 56.2 Å². The number of aromatic nitrogens is 1. The average Bonchev–Trinajstić information content (AvgIpc) is 3.65. The zero-order valence-corrected chi connectivity index (χ0v) is 24.4. The van der Waals surface area contributed by atoms with Crippen molar-refractivity contribution in [3.05, 3.63) is 96.2 Å². The second-order valence-corrected chi connectivity index (χ2v) is 13.0.